The van der Waals surface area contributed by atoms with E-state index >= 15 is 0 Å². The van der Waals surface area contributed by atoms with E-state index in [9.17, 15) is 4.79 Å². The molecule has 0 radical (unpaired) electrons. The van der Waals surface area contributed by atoms with Crippen LogP contribution in [0, 0.1) is 5.92 Å². The van der Waals surface area contributed by atoms with Crippen molar-refractivity contribution in [1.29, 1.82) is 0 Å². The zero-order valence-corrected chi connectivity index (χ0v) is 17.4. The maximum absolute atomic E-state index is 11.0. The first kappa shape index (κ1) is 23.5. The number of ether oxygens (including phenoxy) is 2. The Morgan fingerprint density at radius 2 is 1.23 bits per heavy atom. The highest BCUT2D eigenvalue weighted by Crippen LogP contribution is 2.15. The number of rotatable bonds is 19. The van der Waals surface area contributed by atoms with Crippen molar-refractivity contribution in [3.8, 4) is 0 Å². The molecule has 3 heteroatoms. The first-order chi connectivity index (χ1) is 12.8. The summed E-state index contributed by atoms with van der Waals surface area (Å²) < 4.78 is 10.6. The molecule has 1 rings (SSSR count). The minimum absolute atomic E-state index is 0.0685. The molecule has 0 N–H and O–H groups in total. The molecule has 0 aromatic rings. The van der Waals surface area contributed by atoms with Crippen molar-refractivity contribution >= 4 is 5.97 Å². The number of cyclic esters (lactones) is 1. The minimum Gasteiger partial charge on any atom is -0.465 e. The lowest BCUT2D eigenvalue weighted by atomic mass is 10.0. The largest absolute Gasteiger partial charge is 0.465 e. The van der Waals surface area contributed by atoms with Crippen molar-refractivity contribution in [2.75, 3.05) is 19.8 Å². The van der Waals surface area contributed by atoms with Gasteiger partial charge in [0.25, 0.3) is 0 Å². The van der Waals surface area contributed by atoms with Gasteiger partial charge < -0.3 is 9.47 Å². The summed E-state index contributed by atoms with van der Waals surface area (Å²) in [6.45, 7) is 4.36. The van der Waals surface area contributed by atoms with Crippen LogP contribution >= 0.6 is 0 Å². The number of carbonyl (C=O) groups excluding carboxylic acids is 1. The fourth-order valence-electron chi connectivity index (χ4n) is 3.67. The van der Waals surface area contributed by atoms with Gasteiger partial charge in [0.1, 0.15) is 0 Å². The van der Waals surface area contributed by atoms with Crippen LogP contribution < -0.4 is 0 Å². The molecule has 1 heterocycles. The monoisotopic (exact) mass is 368 g/mol. The first-order valence-electron chi connectivity index (χ1n) is 11.6. The fourth-order valence-corrected chi connectivity index (χ4v) is 3.67. The van der Waals surface area contributed by atoms with Crippen molar-refractivity contribution < 1.29 is 14.3 Å². The molecule has 26 heavy (non-hydrogen) atoms. The molecule has 1 saturated heterocycles. The molecule has 0 aliphatic carbocycles. The second-order valence-corrected chi connectivity index (χ2v) is 8.13. The summed E-state index contributed by atoms with van der Waals surface area (Å²) >= 11 is 0. The van der Waals surface area contributed by atoms with E-state index in [0.717, 1.165) is 13.0 Å². The number of hydrogen-bond acceptors (Lipinski definition) is 3. The third-order valence-corrected chi connectivity index (χ3v) is 5.43. The second kappa shape index (κ2) is 17.8. The summed E-state index contributed by atoms with van der Waals surface area (Å²) in [5.41, 5.74) is 0. The van der Waals surface area contributed by atoms with Crippen molar-refractivity contribution in [1.82, 2.24) is 0 Å². The number of esters is 1. The Morgan fingerprint density at radius 1 is 0.769 bits per heavy atom. The average Bonchev–Trinajstić information content (AvgIpc) is 3.06. The van der Waals surface area contributed by atoms with E-state index in [0.29, 0.717) is 25.6 Å². The van der Waals surface area contributed by atoms with Crippen LogP contribution in [0.2, 0.25) is 0 Å². The van der Waals surface area contributed by atoms with Gasteiger partial charge in [0.05, 0.1) is 19.6 Å². The Morgan fingerprint density at radius 3 is 1.65 bits per heavy atom. The highest BCUT2D eigenvalue weighted by Gasteiger charge is 2.23. The van der Waals surface area contributed by atoms with E-state index in [2.05, 4.69) is 6.92 Å². The SMILES string of the molecule is CCCCCCCCCCCCCCCCCCOCC1COC(=O)C1. The van der Waals surface area contributed by atoms with Crippen molar-refractivity contribution in [2.45, 2.75) is 116 Å². The van der Waals surface area contributed by atoms with Gasteiger partial charge in [-0.05, 0) is 6.42 Å². The normalized spacial score (nSPS) is 17.0. The first-order valence-corrected chi connectivity index (χ1v) is 11.6. The lowest BCUT2D eigenvalue weighted by molar-refractivity contribution is -0.137. The van der Waals surface area contributed by atoms with Crippen LogP contribution in [0.15, 0.2) is 0 Å². The van der Waals surface area contributed by atoms with Crippen LogP contribution in [0.25, 0.3) is 0 Å². The molecule has 1 unspecified atom stereocenters. The summed E-state index contributed by atoms with van der Waals surface area (Å²) in [6, 6.07) is 0. The van der Waals surface area contributed by atoms with Crippen LogP contribution in [0.1, 0.15) is 116 Å². The Bertz CT molecular complexity index is 317. The number of hydrogen-bond donors (Lipinski definition) is 0. The van der Waals surface area contributed by atoms with Gasteiger partial charge in [0.15, 0.2) is 0 Å². The fraction of sp³-hybridized carbons (Fsp3) is 0.957. The van der Waals surface area contributed by atoms with Crippen LogP contribution in [0.5, 0.6) is 0 Å². The van der Waals surface area contributed by atoms with E-state index in [-0.39, 0.29) is 5.97 Å². The molecular formula is C23H44O3. The Kier molecular flexibility index (Phi) is 16.1. The van der Waals surface area contributed by atoms with Gasteiger partial charge in [-0.25, -0.2) is 0 Å². The summed E-state index contributed by atoms with van der Waals surface area (Å²) in [7, 11) is 0. The predicted molar refractivity (Wildman–Crippen MR) is 109 cm³/mol. The Balaban J connectivity index is 1.65. The smallest absolute Gasteiger partial charge is 0.306 e. The maximum atomic E-state index is 11.0. The van der Waals surface area contributed by atoms with Crippen molar-refractivity contribution in [2.24, 2.45) is 5.92 Å². The van der Waals surface area contributed by atoms with Crippen LogP contribution in [0.4, 0.5) is 0 Å². The highest BCUT2D eigenvalue weighted by molar-refractivity contribution is 5.71. The van der Waals surface area contributed by atoms with Crippen LogP contribution in [-0.4, -0.2) is 25.8 Å². The molecule has 0 amide bonds. The summed E-state index contributed by atoms with van der Waals surface area (Å²) in [5, 5.41) is 0. The molecular weight excluding hydrogens is 324 g/mol. The molecule has 1 aliphatic rings. The lowest BCUT2D eigenvalue weighted by Gasteiger charge is -2.07. The molecule has 3 nitrogen and oxygen atoms in total. The van der Waals surface area contributed by atoms with Gasteiger partial charge in [-0.3, -0.25) is 4.79 Å². The molecule has 0 aromatic heterocycles. The molecule has 1 fully saturated rings. The molecule has 0 spiro atoms. The highest BCUT2D eigenvalue weighted by atomic mass is 16.5. The number of carbonyl (C=O) groups is 1. The zero-order valence-electron chi connectivity index (χ0n) is 17.4. The topological polar surface area (TPSA) is 35.5 Å². The predicted octanol–water partition coefficient (Wildman–Crippen LogP) is 6.83. The van der Waals surface area contributed by atoms with Gasteiger partial charge in [-0.15, -0.1) is 0 Å². The quantitative estimate of drug-likeness (QED) is 0.185. The van der Waals surface area contributed by atoms with Crippen molar-refractivity contribution in [3.05, 3.63) is 0 Å². The molecule has 1 aliphatic heterocycles. The van der Waals surface area contributed by atoms with E-state index in [1.807, 2.05) is 0 Å². The van der Waals surface area contributed by atoms with Gasteiger partial charge >= 0.3 is 5.97 Å². The zero-order chi connectivity index (χ0) is 18.7. The molecule has 1 atom stereocenters. The minimum atomic E-state index is -0.0685. The Hall–Kier alpha value is -0.570. The summed E-state index contributed by atoms with van der Waals surface area (Å²) in [5.74, 6) is 0.226. The second-order valence-electron chi connectivity index (χ2n) is 8.13. The molecule has 0 saturated carbocycles. The average molecular weight is 369 g/mol. The molecule has 0 bridgehead atoms. The van der Waals surface area contributed by atoms with Gasteiger partial charge in [-0.1, -0.05) is 103 Å². The van der Waals surface area contributed by atoms with E-state index in [1.165, 1.54) is 96.3 Å². The van der Waals surface area contributed by atoms with E-state index < -0.39 is 0 Å². The van der Waals surface area contributed by atoms with E-state index in [1.54, 1.807) is 0 Å². The van der Waals surface area contributed by atoms with Crippen molar-refractivity contribution in [3.63, 3.8) is 0 Å². The molecule has 154 valence electrons. The van der Waals surface area contributed by atoms with Gasteiger partial charge in [0.2, 0.25) is 0 Å². The summed E-state index contributed by atoms with van der Waals surface area (Å²) in [4.78, 5) is 11.0. The lowest BCUT2D eigenvalue weighted by Crippen LogP contribution is -2.10. The third kappa shape index (κ3) is 14.6. The third-order valence-electron chi connectivity index (χ3n) is 5.43. The number of unbranched alkanes of at least 4 members (excludes halogenated alkanes) is 15. The van der Waals surface area contributed by atoms with E-state index in [4.69, 9.17) is 9.47 Å². The molecule has 0 aromatic carbocycles. The van der Waals surface area contributed by atoms with Gasteiger partial charge in [-0.2, -0.15) is 0 Å². The standard InChI is InChI=1S/C23H44O3/c1-2-3-4-5-6-7-8-9-10-11-12-13-14-15-16-17-18-25-20-22-19-23(24)26-21-22/h22H,2-21H2,1H3. The Labute approximate surface area is 162 Å². The maximum Gasteiger partial charge on any atom is 0.306 e. The van der Waals surface area contributed by atoms with Crippen LogP contribution in [-0.2, 0) is 14.3 Å². The van der Waals surface area contributed by atoms with Gasteiger partial charge in [0, 0.05) is 12.5 Å². The van der Waals surface area contributed by atoms with Crippen LogP contribution in [0.3, 0.4) is 0 Å². The summed E-state index contributed by atoms with van der Waals surface area (Å²) in [6.07, 6.45) is 22.9.